The fourth-order valence-electron chi connectivity index (χ4n) is 0.932. The highest BCUT2D eigenvalue weighted by Crippen LogP contribution is 2.15. The molecule has 5 nitrogen and oxygen atoms in total. The number of carbonyl (C=O) groups is 1. The normalized spacial score (nSPS) is 10.4. The standard InChI is InChI=1S/C10H15NO4/c1-11(2)6-7-14-10(12)8-4-5-9(13-3)15-8/h4-5H,6-7H2,1-3H3. The second kappa shape index (κ2) is 5.41. The van der Waals surface area contributed by atoms with Gasteiger partial charge >= 0.3 is 5.97 Å². The highest BCUT2D eigenvalue weighted by molar-refractivity contribution is 5.86. The number of rotatable bonds is 5. The minimum absolute atomic E-state index is 0.158. The second-order valence-electron chi connectivity index (χ2n) is 3.26. The summed E-state index contributed by atoms with van der Waals surface area (Å²) in [4.78, 5) is 13.3. The van der Waals surface area contributed by atoms with E-state index in [1.807, 2.05) is 19.0 Å². The molecule has 0 amide bonds. The van der Waals surface area contributed by atoms with Gasteiger partial charge in [-0.05, 0) is 20.2 Å². The van der Waals surface area contributed by atoms with E-state index in [0.29, 0.717) is 19.1 Å². The van der Waals surface area contributed by atoms with Crippen LogP contribution in [0.4, 0.5) is 0 Å². The van der Waals surface area contributed by atoms with E-state index in [-0.39, 0.29) is 5.76 Å². The van der Waals surface area contributed by atoms with E-state index in [4.69, 9.17) is 13.9 Å². The summed E-state index contributed by atoms with van der Waals surface area (Å²) in [5, 5.41) is 0. The molecule has 0 spiro atoms. The molecular formula is C10H15NO4. The monoisotopic (exact) mass is 213 g/mol. The molecule has 0 saturated heterocycles. The Bertz CT molecular complexity index is 319. The topological polar surface area (TPSA) is 51.9 Å². The van der Waals surface area contributed by atoms with E-state index >= 15 is 0 Å². The summed E-state index contributed by atoms with van der Waals surface area (Å²) in [6.45, 7) is 1.03. The lowest BCUT2D eigenvalue weighted by Gasteiger charge is -2.08. The summed E-state index contributed by atoms with van der Waals surface area (Å²) in [5.74, 6) is -0.0136. The van der Waals surface area contributed by atoms with Gasteiger partial charge in [-0.3, -0.25) is 0 Å². The third kappa shape index (κ3) is 3.63. The van der Waals surface area contributed by atoms with E-state index in [1.165, 1.54) is 13.2 Å². The minimum atomic E-state index is -0.472. The zero-order valence-corrected chi connectivity index (χ0v) is 9.15. The summed E-state index contributed by atoms with van der Waals surface area (Å²) < 4.78 is 14.8. The molecule has 0 aromatic carbocycles. The first-order valence-electron chi connectivity index (χ1n) is 4.59. The quantitative estimate of drug-likeness (QED) is 0.683. The molecule has 1 rings (SSSR count). The Balaban J connectivity index is 2.40. The van der Waals surface area contributed by atoms with Crippen LogP contribution in [0, 0.1) is 0 Å². The van der Waals surface area contributed by atoms with Crippen molar-refractivity contribution in [1.29, 1.82) is 0 Å². The number of methoxy groups -OCH3 is 1. The maximum Gasteiger partial charge on any atom is 0.374 e. The predicted octanol–water partition coefficient (Wildman–Crippen LogP) is 1.01. The minimum Gasteiger partial charge on any atom is -0.468 e. The molecule has 1 aromatic rings. The SMILES string of the molecule is COc1ccc(C(=O)OCCN(C)C)o1. The van der Waals surface area contributed by atoms with Gasteiger partial charge in [0.05, 0.1) is 7.11 Å². The van der Waals surface area contributed by atoms with Gasteiger partial charge in [0, 0.05) is 12.6 Å². The molecule has 84 valence electrons. The smallest absolute Gasteiger partial charge is 0.374 e. The van der Waals surface area contributed by atoms with Crippen LogP contribution in [0.3, 0.4) is 0 Å². The van der Waals surface area contributed by atoms with Crippen molar-refractivity contribution in [2.45, 2.75) is 0 Å². The molecule has 1 heterocycles. The van der Waals surface area contributed by atoms with Gasteiger partial charge in [-0.25, -0.2) is 4.79 Å². The van der Waals surface area contributed by atoms with E-state index in [2.05, 4.69) is 0 Å². The molecular weight excluding hydrogens is 198 g/mol. The fourth-order valence-corrected chi connectivity index (χ4v) is 0.932. The van der Waals surface area contributed by atoms with E-state index < -0.39 is 5.97 Å². The molecule has 0 saturated carbocycles. The molecule has 0 N–H and O–H groups in total. The van der Waals surface area contributed by atoms with Crippen LogP contribution in [0.15, 0.2) is 16.5 Å². The molecule has 1 aromatic heterocycles. The number of hydrogen-bond donors (Lipinski definition) is 0. The number of hydrogen-bond acceptors (Lipinski definition) is 5. The van der Waals surface area contributed by atoms with Crippen molar-refractivity contribution in [2.75, 3.05) is 34.4 Å². The van der Waals surface area contributed by atoms with E-state index in [0.717, 1.165) is 0 Å². The summed E-state index contributed by atoms with van der Waals surface area (Å²) in [6.07, 6.45) is 0. The van der Waals surface area contributed by atoms with Crippen LogP contribution in [-0.2, 0) is 4.74 Å². The lowest BCUT2D eigenvalue weighted by atomic mass is 10.4. The molecule has 0 aliphatic rings. The van der Waals surface area contributed by atoms with Gasteiger partial charge in [-0.2, -0.15) is 0 Å². The number of esters is 1. The van der Waals surface area contributed by atoms with Crippen molar-refractivity contribution in [3.05, 3.63) is 17.9 Å². The van der Waals surface area contributed by atoms with Crippen LogP contribution < -0.4 is 4.74 Å². The first kappa shape index (κ1) is 11.6. The number of ether oxygens (including phenoxy) is 2. The molecule has 0 unspecified atom stereocenters. The van der Waals surface area contributed by atoms with Gasteiger partial charge in [0.15, 0.2) is 0 Å². The lowest BCUT2D eigenvalue weighted by molar-refractivity contribution is 0.0440. The van der Waals surface area contributed by atoms with Crippen molar-refractivity contribution in [1.82, 2.24) is 4.90 Å². The van der Waals surface area contributed by atoms with Crippen LogP contribution in [0.25, 0.3) is 0 Å². The fraction of sp³-hybridized carbons (Fsp3) is 0.500. The van der Waals surface area contributed by atoms with Gasteiger partial charge < -0.3 is 18.8 Å². The average molecular weight is 213 g/mol. The molecule has 0 fully saturated rings. The number of furan rings is 1. The summed E-state index contributed by atoms with van der Waals surface area (Å²) in [5.41, 5.74) is 0. The lowest BCUT2D eigenvalue weighted by Crippen LogP contribution is -2.19. The Labute approximate surface area is 88.6 Å². The Kier molecular flexibility index (Phi) is 4.17. The highest BCUT2D eigenvalue weighted by Gasteiger charge is 2.12. The van der Waals surface area contributed by atoms with Crippen molar-refractivity contribution in [3.8, 4) is 5.95 Å². The first-order chi connectivity index (χ1) is 7.13. The molecule has 0 radical (unpaired) electrons. The molecule has 15 heavy (non-hydrogen) atoms. The Morgan fingerprint density at radius 3 is 2.73 bits per heavy atom. The summed E-state index contributed by atoms with van der Waals surface area (Å²) >= 11 is 0. The zero-order chi connectivity index (χ0) is 11.3. The van der Waals surface area contributed by atoms with Crippen molar-refractivity contribution >= 4 is 5.97 Å². The Morgan fingerprint density at radius 2 is 2.20 bits per heavy atom. The summed E-state index contributed by atoms with van der Waals surface area (Å²) in [7, 11) is 5.29. The van der Waals surface area contributed by atoms with Crippen LogP contribution in [0.1, 0.15) is 10.6 Å². The Hall–Kier alpha value is -1.49. The largest absolute Gasteiger partial charge is 0.468 e. The predicted molar refractivity (Wildman–Crippen MR) is 54.1 cm³/mol. The zero-order valence-electron chi connectivity index (χ0n) is 9.15. The van der Waals surface area contributed by atoms with E-state index in [1.54, 1.807) is 6.07 Å². The number of nitrogens with zero attached hydrogens (tertiary/aromatic N) is 1. The first-order valence-corrected chi connectivity index (χ1v) is 4.59. The van der Waals surface area contributed by atoms with Gasteiger partial charge in [0.25, 0.3) is 5.95 Å². The maximum absolute atomic E-state index is 11.4. The molecule has 0 aliphatic carbocycles. The van der Waals surface area contributed by atoms with Crippen molar-refractivity contribution in [2.24, 2.45) is 0 Å². The summed E-state index contributed by atoms with van der Waals surface area (Å²) in [6, 6.07) is 3.10. The van der Waals surface area contributed by atoms with Crippen LogP contribution >= 0.6 is 0 Å². The van der Waals surface area contributed by atoms with Gasteiger partial charge in [0.1, 0.15) is 6.61 Å². The van der Waals surface area contributed by atoms with Gasteiger partial charge in [-0.15, -0.1) is 0 Å². The molecule has 0 bridgehead atoms. The molecule has 0 aliphatic heterocycles. The third-order valence-corrected chi connectivity index (χ3v) is 1.76. The average Bonchev–Trinajstić information content (AvgIpc) is 2.65. The third-order valence-electron chi connectivity index (χ3n) is 1.76. The maximum atomic E-state index is 11.4. The van der Waals surface area contributed by atoms with Crippen LogP contribution in [0.2, 0.25) is 0 Å². The molecule has 0 atom stereocenters. The number of carbonyl (C=O) groups excluding carboxylic acids is 1. The van der Waals surface area contributed by atoms with Gasteiger partial charge in [-0.1, -0.05) is 0 Å². The van der Waals surface area contributed by atoms with Crippen molar-refractivity contribution < 1.29 is 18.7 Å². The second-order valence-corrected chi connectivity index (χ2v) is 3.26. The van der Waals surface area contributed by atoms with Gasteiger partial charge in [0.2, 0.25) is 5.76 Å². The van der Waals surface area contributed by atoms with Crippen molar-refractivity contribution in [3.63, 3.8) is 0 Å². The molecule has 5 heteroatoms. The van der Waals surface area contributed by atoms with E-state index in [9.17, 15) is 4.79 Å². The van der Waals surface area contributed by atoms with Crippen LogP contribution in [-0.4, -0.2) is 45.2 Å². The van der Waals surface area contributed by atoms with Crippen LogP contribution in [0.5, 0.6) is 5.95 Å². The highest BCUT2D eigenvalue weighted by atomic mass is 16.6. The number of likely N-dealkylation sites (N-methyl/N-ethyl adjacent to an activating group) is 1. The Morgan fingerprint density at radius 1 is 1.47 bits per heavy atom.